The number of para-hydroxylation sites is 3. The molecule has 11 aromatic carbocycles. The van der Waals surface area contributed by atoms with Crippen molar-refractivity contribution in [2.45, 2.75) is 0 Å². The summed E-state index contributed by atoms with van der Waals surface area (Å²) in [5.41, 5.74) is 12.2. The van der Waals surface area contributed by atoms with E-state index < -0.39 is 0 Å². The summed E-state index contributed by atoms with van der Waals surface area (Å²) in [4.78, 5) is 7.25. The highest BCUT2D eigenvalue weighted by Crippen LogP contribution is 2.50. The van der Waals surface area contributed by atoms with Gasteiger partial charge < -0.3 is 14.7 Å². The molecule has 0 N–H and O–H groups in total. The molecule has 12 aromatic rings. The summed E-state index contributed by atoms with van der Waals surface area (Å²) in [5, 5.41) is 7.22. The predicted octanol–water partition coefficient (Wildman–Crippen LogP) is 18.4. The van der Waals surface area contributed by atoms with Gasteiger partial charge in [-0.2, -0.15) is 0 Å². The lowest BCUT2D eigenvalue weighted by atomic mass is 10.0. The van der Waals surface area contributed by atoms with Gasteiger partial charge in [0.2, 0.25) is 0 Å². The van der Waals surface area contributed by atoms with Gasteiger partial charge in [-0.25, -0.2) is 0 Å². The summed E-state index contributed by atoms with van der Waals surface area (Å²) in [6, 6.07) is 94.5. The van der Waals surface area contributed by atoms with Gasteiger partial charge in [0.1, 0.15) is 0 Å². The van der Waals surface area contributed by atoms with E-state index in [0.29, 0.717) is 0 Å². The van der Waals surface area contributed by atoms with E-state index in [0.717, 1.165) is 51.2 Å². The minimum absolute atomic E-state index is 1.07. The van der Waals surface area contributed by atoms with E-state index in [1.54, 1.807) is 0 Å². The van der Waals surface area contributed by atoms with E-state index in [9.17, 15) is 0 Å². The van der Waals surface area contributed by atoms with Gasteiger partial charge in [-0.3, -0.25) is 0 Å². The average molecular weight is 862 g/mol. The molecule has 0 amide bonds. The highest BCUT2D eigenvalue weighted by Gasteiger charge is 2.24. The first-order chi connectivity index (χ1) is 32.7. The van der Waals surface area contributed by atoms with Crippen LogP contribution in [-0.2, 0) is 0 Å². The van der Waals surface area contributed by atoms with Crippen molar-refractivity contribution >= 4 is 104 Å². The average Bonchev–Trinajstić information content (AvgIpc) is 3.76. The molecule has 0 aliphatic heterocycles. The SMILES string of the molecule is c1ccc(-c2cccc(N(c3ccccc3)c3ccc4sc5c(N(c6ccccc6)c6ccc7ccccc7c6)cc(N(c6ccccc6)c6ccc7ccccc7c6)cc5c4c3)c2)cc1. The van der Waals surface area contributed by atoms with Crippen molar-refractivity contribution in [1.82, 2.24) is 0 Å². The van der Waals surface area contributed by atoms with E-state index in [1.807, 2.05) is 11.3 Å². The fourth-order valence-corrected chi connectivity index (χ4v) is 10.6. The molecule has 0 bridgehead atoms. The molecule has 0 saturated carbocycles. The molecular formula is C62H43N3S. The molecule has 0 aliphatic carbocycles. The van der Waals surface area contributed by atoms with Crippen molar-refractivity contribution in [1.29, 1.82) is 0 Å². The van der Waals surface area contributed by atoms with Crippen LogP contribution >= 0.6 is 11.3 Å². The van der Waals surface area contributed by atoms with Crippen molar-refractivity contribution < 1.29 is 0 Å². The second-order valence-electron chi connectivity index (χ2n) is 16.6. The Bertz CT molecular complexity index is 3660. The number of thiophene rings is 1. The van der Waals surface area contributed by atoms with Gasteiger partial charge in [0.25, 0.3) is 0 Å². The summed E-state index contributed by atoms with van der Waals surface area (Å²) in [5.74, 6) is 0. The van der Waals surface area contributed by atoms with Gasteiger partial charge in [-0.1, -0.05) is 158 Å². The molecule has 4 heteroatoms. The molecule has 3 nitrogen and oxygen atoms in total. The first kappa shape index (κ1) is 39.2. The van der Waals surface area contributed by atoms with Crippen molar-refractivity contribution in [3.05, 3.63) is 261 Å². The first-order valence-corrected chi connectivity index (χ1v) is 23.2. The summed E-state index contributed by atoms with van der Waals surface area (Å²) in [6.07, 6.45) is 0. The maximum absolute atomic E-state index is 2.45. The van der Waals surface area contributed by atoms with Gasteiger partial charge in [0.15, 0.2) is 0 Å². The Kier molecular flexibility index (Phi) is 10.0. The first-order valence-electron chi connectivity index (χ1n) is 22.4. The smallest absolute Gasteiger partial charge is 0.0661 e. The maximum atomic E-state index is 2.45. The monoisotopic (exact) mass is 861 g/mol. The second-order valence-corrected chi connectivity index (χ2v) is 17.7. The largest absolute Gasteiger partial charge is 0.310 e. The zero-order valence-electron chi connectivity index (χ0n) is 36.1. The van der Waals surface area contributed by atoms with Crippen molar-refractivity contribution in [2.24, 2.45) is 0 Å². The number of anilines is 9. The summed E-state index contributed by atoms with van der Waals surface area (Å²) < 4.78 is 2.44. The molecule has 0 atom stereocenters. The van der Waals surface area contributed by atoms with Crippen LogP contribution in [0.5, 0.6) is 0 Å². The zero-order chi connectivity index (χ0) is 43.8. The molecular weight excluding hydrogens is 819 g/mol. The van der Waals surface area contributed by atoms with Crippen LogP contribution in [0.1, 0.15) is 0 Å². The third kappa shape index (κ3) is 7.30. The molecule has 0 radical (unpaired) electrons. The minimum atomic E-state index is 1.07. The summed E-state index contributed by atoms with van der Waals surface area (Å²) in [6.45, 7) is 0. The van der Waals surface area contributed by atoms with Crippen molar-refractivity contribution in [2.75, 3.05) is 14.7 Å². The highest BCUT2D eigenvalue weighted by molar-refractivity contribution is 7.26. The van der Waals surface area contributed by atoms with Crippen LogP contribution in [0.2, 0.25) is 0 Å². The Morgan fingerprint density at radius 3 is 1.27 bits per heavy atom. The fraction of sp³-hybridized carbons (Fsp3) is 0. The lowest BCUT2D eigenvalue weighted by Gasteiger charge is -2.30. The van der Waals surface area contributed by atoms with Crippen molar-refractivity contribution in [3.8, 4) is 11.1 Å². The van der Waals surface area contributed by atoms with E-state index in [2.05, 4.69) is 276 Å². The van der Waals surface area contributed by atoms with Crippen LogP contribution in [-0.4, -0.2) is 0 Å². The molecule has 12 rings (SSSR count). The molecule has 1 aromatic heterocycles. The fourth-order valence-electron chi connectivity index (χ4n) is 9.41. The number of benzene rings is 11. The summed E-state index contributed by atoms with van der Waals surface area (Å²) in [7, 11) is 0. The molecule has 0 spiro atoms. The lowest BCUT2D eigenvalue weighted by molar-refractivity contribution is 1.27. The molecule has 1 heterocycles. The number of hydrogen-bond donors (Lipinski definition) is 0. The van der Waals surface area contributed by atoms with E-state index in [1.165, 1.54) is 52.8 Å². The predicted molar refractivity (Wildman–Crippen MR) is 284 cm³/mol. The third-order valence-corrected chi connectivity index (χ3v) is 13.7. The van der Waals surface area contributed by atoms with Gasteiger partial charge in [0.05, 0.1) is 10.4 Å². The Labute approximate surface area is 388 Å². The number of rotatable bonds is 10. The normalized spacial score (nSPS) is 11.3. The van der Waals surface area contributed by atoms with Gasteiger partial charge in [-0.05, 0) is 136 Å². The van der Waals surface area contributed by atoms with Crippen molar-refractivity contribution in [3.63, 3.8) is 0 Å². The minimum Gasteiger partial charge on any atom is -0.310 e. The molecule has 312 valence electrons. The van der Waals surface area contributed by atoms with Crippen LogP contribution in [0.25, 0.3) is 52.8 Å². The molecule has 66 heavy (non-hydrogen) atoms. The highest BCUT2D eigenvalue weighted by atomic mass is 32.1. The number of nitrogens with zero attached hydrogens (tertiary/aromatic N) is 3. The Hall–Kier alpha value is -8.44. The zero-order valence-corrected chi connectivity index (χ0v) is 36.9. The maximum Gasteiger partial charge on any atom is 0.0661 e. The Morgan fingerprint density at radius 1 is 0.242 bits per heavy atom. The van der Waals surface area contributed by atoms with Crippen LogP contribution in [0.4, 0.5) is 51.2 Å². The van der Waals surface area contributed by atoms with Crippen LogP contribution in [0.3, 0.4) is 0 Å². The Balaban J connectivity index is 1.13. The standard InChI is InChI=1S/C62H43N3S/c1-5-18-44(19-6-1)49-24-17-31-53(38-49)63(50-25-7-2-8-26-50)56-36-37-61-58(41-56)59-42-57(64(51-27-9-3-10-28-51)54-34-32-45-20-13-15-22-47(45)39-54)43-60(62(59)66-61)65(52-29-11-4-12-30-52)55-35-33-46-21-14-16-23-48(46)40-55/h1-43H. The quantitative estimate of drug-likeness (QED) is 0.136. The second kappa shape index (κ2) is 16.9. The lowest BCUT2D eigenvalue weighted by Crippen LogP contribution is -2.13. The molecule has 0 saturated heterocycles. The van der Waals surface area contributed by atoms with Gasteiger partial charge in [-0.15, -0.1) is 11.3 Å². The number of fused-ring (bicyclic) bond motifs is 5. The van der Waals surface area contributed by atoms with E-state index in [4.69, 9.17) is 0 Å². The molecule has 0 unspecified atom stereocenters. The van der Waals surface area contributed by atoms with E-state index in [-0.39, 0.29) is 0 Å². The van der Waals surface area contributed by atoms with Crippen LogP contribution in [0, 0.1) is 0 Å². The van der Waals surface area contributed by atoms with E-state index >= 15 is 0 Å². The molecule has 0 aliphatic rings. The molecule has 0 fully saturated rings. The summed E-state index contributed by atoms with van der Waals surface area (Å²) >= 11 is 1.86. The number of hydrogen-bond acceptors (Lipinski definition) is 4. The van der Waals surface area contributed by atoms with Gasteiger partial charge in [0, 0.05) is 61.0 Å². The van der Waals surface area contributed by atoms with Crippen LogP contribution in [0.15, 0.2) is 261 Å². The topological polar surface area (TPSA) is 9.72 Å². The third-order valence-electron chi connectivity index (χ3n) is 12.5. The van der Waals surface area contributed by atoms with Crippen LogP contribution < -0.4 is 14.7 Å². The van der Waals surface area contributed by atoms with Gasteiger partial charge >= 0.3 is 0 Å². The Morgan fingerprint density at radius 2 is 0.667 bits per heavy atom.